The van der Waals surface area contributed by atoms with E-state index in [2.05, 4.69) is 5.32 Å². The van der Waals surface area contributed by atoms with E-state index in [0.29, 0.717) is 22.7 Å². The highest BCUT2D eigenvalue weighted by molar-refractivity contribution is 5.89. The molecular weight excluding hydrogens is 296 g/mol. The molecule has 1 N–H and O–H groups in total. The number of nitrogens with one attached hydrogen (secondary N) is 1. The second-order valence-electron chi connectivity index (χ2n) is 4.58. The number of carbonyl (C=O) groups excluding carboxylic acids is 2. The van der Waals surface area contributed by atoms with Crippen molar-refractivity contribution in [1.29, 1.82) is 5.26 Å². The van der Waals surface area contributed by atoms with Gasteiger partial charge in [0.05, 0.1) is 5.56 Å². The van der Waals surface area contributed by atoms with Crippen LogP contribution < -0.4 is 14.8 Å². The fourth-order valence-corrected chi connectivity index (χ4v) is 1.82. The van der Waals surface area contributed by atoms with Crippen molar-refractivity contribution in [2.75, 3.05) is 11.9 Å². The molecule has 0 spiro atoms. The molecule has 2 rings (SSSR count). The molecule has 0 aliphatic heterocycles. The molecule has 0 bridgehead atoms. The van der Waals surface area contributed by atoms with Gasteiger partial charge in [0.2, 0.25) is 5.91 Å². The number of anilines is 1. The van der Waals surface area contributed by atoms with E-state index in [0.717, 1.165) is 0 Å². The van der Waals surface area contributed by atoms with Crippen LogP contribution in [0.25, 0.3) is 0 Å². The molecule has 0 saturated carbocycles. The molecule has 0 fully saturated rings. The second kappa shape index (κ2) is 7.61. The number of rotatable bonds is 5. The van der Waals surface area contributed by atoms with Gasteiger partial charge < -0.3 is 14.8 Å². The third-order valence-corrected chi connectivity index (χ3v) is 2.74. The van der Waals surface area contributed by atoms with Crippen molar-refractivity contribution in [3.63, 3.8) is 0 Å². The summed E-state index contributed by atoms with van der Waals surface area (Å²) in [6.45, 7) is 1.06. The molecule has 0 aromatic heterocycles. The zero-order valence-corrected chi connectivity index (χ0v) is 12.4. The molecule has 23 heavy (non-hydrogen) atoms. The highest BCUT2D eigenvalue weighted by atomic mass is 16.6. The standard InChI is InChI=1S/C17H14N2O4/c1-12(20)19-14-6-4-7-15(9-14)23-17(21)11-22-16-8-3-2-5-13(16)10-18/h2-9H,11H2,1H3,(H,19,20). The van der Waals surface area contributed by atoms with Gasteiger partial charge in [-0.25, -0.2) is 4.79 Å². The molecule has 6 heteroatoms. The lowest BCUT2D eigenvalue weighted by Crippen LogP contribution is -2.18. The molecule has 1 amide bonds. The Morgan fingerprint density at radius 1 is 1.17 bits per heavy atom. The largest absolute Gasteiger partial charge is 0.481 e. The topological polar surface area (TPSA) is 88.4 Å². The first kappa shape index (κ1) is 16.0. The quantitative estimate of drug-likeness (QED) is 0.677. The summed E-state index contributed by atoms with van der Waals surface area (Å²) in [6.07, 6.45) is 0. The Morgan fingerprint density at radius 3 is 2.70 bits per heavy atom. The summed E-state index contributed by atoms with van der Waals surface area (Å²) in [5, 5.41) is 11.5. The second-order valence-corrected chi connectivity index (χ2v) is 4.58. The van der Waals surface area contributed by atoms with Crippen LogP contribution >= 0.6 is 0 Å². The van der Waals surface area contributed by atoms with E-state index >= 15 is 0 Å². The molecule has 0 radical (unpaired) electrons. The van der Waals surface area contributed by atoms with Crippen LogP contribution in [0.1, 0.15) is 12.5 Å². The molecule has 0 unspecified atom stereocenters. The fourth-order valence-electron chi connectivity index (χ4n) is 1.82. The van der Waals surface area contributed by atoms with Gasteiger partial charge >= 0.3 is 5.97 Å². The number of nitriles is 1. The number of benzene rings is 2. The lowest BCUT2D eigenvalue weighted by molar-refractivity contribution is -0.136. The summed E-state index contributed by atoms with van der Waals surface area (Å²) in [4.78, 5) is 22.8. The van der Waals surface area contributed by atoms with Crippen LogP contribution in [0.2, 0.25) is 0 Å². The number of ether oxygens (including phenoxy) is 2. The summed E-state index contributed by atoms with van der Waals surface area (Å²) in [5.74, 6) is -0.222. The van der Waals surface area contributed by atoms with Gasteiger partial charge in [-0.15, -0.1) is 0 Å². The summed E-state index contributed by atoms with van der Waals surface area (Å²) >= 11 is 0. The zero-order chi connectivity index (χ0) is 16.7. The van der Waals surface area contributed by atoms with Gasteiger partial charge in [0.15, 0.2) is 6.61 Å². The van der Waals surface area contributed by atoms with Gasteiger partial charge in [0.1, 0.15) is 17.6 Å². The number of hydrogen-bond acceptors (Lipinski definition) is 5. The average Bonchev–Trinajstić information content (AvgIpc) is 2.53. The number of para-hydroxylation sites is 1. The van der Waals surface area contributed by atoms with Crippen LogP contribution in [0.15, 0.2) is 48.5 Å². The van der Waals surface area contributed by atoms with Gasteiger partial charge in [0, 0.05) is 18.7 Å². The van der Waals surface area contributed by atoms with E-state index in [1.807, 2.05) is 6.07 Å². The van der Waals surface area contributed by atoms with Crippen molar-refractivity contribution >= 4 is 17.6 Å². The molecule has 0 aliphatic carbocycles. The Balaban J connectivity index is 1.95. The Bertz CT molecular complexity index is 765. The van der Waals surface area contributed by atoms with E-state index in [1.165, 1.54) is 13.0 Å². The maximum absolute atomic E-state index is 11.8. The number of hydrogen-bond donors (Lipinski definition) is 1. The maximum atomic E-state index is 11.8. The molecule has 0 saturated heterocycles. The van der Waals surface area contributed by atoms with Crippen LogP contribution in [0, 0.1) is 11.3 Å². The molecule has 116 valence electrons. The first-order valence-electron chi connectivity index (χ1n) is 6.79. The summed E-state index contributed by atoms with van der Waals surface area (Å²) in [7, 11) is 0. The lowest BCUT2D eigenvalue weighted by atomic mass is 10.2. The highest BCUT2D eigenvalue weighted by Crippen LogP contribution is 2.19. The number of carbonyl (C=O) groups is 2. The normalized spacial score (nSPS) is 9.57. The molecule has 6 nitrogen and oxygen atoms in total. The van der Waals surface area contributed by atoms with Gasteiger partial charge in [0.25, 0.3) is 0 Å². The lowest BCUT2D eigenvalue weighted by Gasteiger charge is -2.09. The SMILES string of the molecule is CC(=O)Nc1cccc(OC(=O)COc2ccccc2C#N)c1. The Morgan fingerprint density at radius 2 is 1.96 bits per heavy atom. The van der Waals surface area contributed by atoms with E-state index in [9.17, 15) is 9.59 Å². The summed E-state index contributed by atoms with van der Waals surface area (Å²) in [5.41, 5.74) is 0.867. The van der Waals surface area contributed by atoms with Gasteiger partial charge in [-0.1, -0.05) is 18.2 Å². The van der Waals surface area contributed by atoms with Crippen LogP contribution in [0.3, 0.4) is 0 Å². The minimum atomic E-state index is -0.613. The van der Waals surface area contributed by atoms with Crippen molar-refractivity contribution in [3.8, 4) is 17.6 Å². The van der Waals surface area contributed by atoms with Gasteiger partial charge in [-0.2, -0.15) is 5.26 Å². The first-order valence-corrected chi connectivity index (χ1v) is 6.79. The van der Waals surface area contributed by atoms with Crippen LogP contribution in [-0.4, -0.2) is 18.5 Å². The summed E-state index contributed by atoms with van der Waals surface area (Å²) < 4.78 is 10.4. The van der Waals surface area contributed by atoms with Crippen molar-refractivity contribution in [1.82, 2.24) is 0 Å². The van der Waals surface area contributed by atoms with Crippen LogP contribution in [-0.2, 0) is 9.59 Å². The molecular formula is C17H14N2O4. The monoisotopic (exact) mass is 310 g/mol. The van der Waals surface area contributed by atoms with Crippen molar-refractivity contribution < 1.29 is 19.1 Å². The molecule has 2 aromatic rings. The Kier molecular flexibility index (Phi) is 5.31. The smallest absolute Gasteiger partial charge is 0.349 e. The van der Waals surface area contributed by atoms with E-state index in [1.54, 1.807) is 42.5 Å². The first-order chi connectivity index (χ1) is 11.1. The number of amides is 1. The molecule has 0 heterocycles. The third-order valence-electron chi connectivity index (χ3n) is 2.74. The summed E-state index contributed by atoms with van der Waals surface area (Å²) in [6, 6.07) is 15.0. The minimum absolute atomic E-state index is 0.218. The maximum Gasteiger partial charge on any atom is 0.349 e. The van der Waals surface area contributed by atoms with Crippen LogP contribution in [0.4, 0.5) is 5.69 Å². The van der Waals surface area contributed by atoms with Crippen LogP contribution in [0.5, 0.6) is 11.5 Å². The predicted molar refractivity (Wildman–Crippen MR) is 83.0 cm³/mol. The minimum Gasteiger partial charge on any atom is -0.481 e. The number of esters is 1. The van der Waals surface area contributed by atoms with Gasteiger partial charge in [-0.05, 0) is 24.3 Å². The van der Waals surface area contributed by atoms with Crippen molar-refractivity contribution in [2.45, 2.75) is 6.92 Å². The molecule has 0 atom stereocenters. The average molecular weight is 310 g/mol. The third kappa shape index (κ3) is 4.86. The zero-order valence-electron chi connectivity index (χ0n) is 12.4. The van der Waals surface area contributed by atoms with Crippen molar-refractivity contribution in [3.05, 3.63) is 54.1 Å². The Hall–Kier alpha value is -3.33. The van der Waals surface area contributed by atoms with E-state index in [4.69, 9.17) is 14.7 Å². The number of nitrogens with zero attached hydrogens (tertiary/aromatic N) is 1. The highest BCUT2D eigenvalue weighted by Gasteiger charge is 2.09. The van der Waals surface area contributed by atoms with E-state index in [-0.39, 0.29) is 12.5 Å². The van der Waals surface area contributed by atoms with Crippen molar-refractivity contribution in [2.24, 2.45) is 0 Å². The Labute approximate surface area is 133 Å². The fraction of sp³-hybridized carbons (Fsp3) is 0.118. The predicted octanol–water partition coefficient (Wildman–Crippen LogP) is 2.50. The molecule has 2 aromatic carbocycles. The van der Waals surface area contributed by atoms with Gasteiger partial charge in [-0.3, -0.25) is 4.79 Å². The van der Waals surface area contributed by atoms with E-state index < -0.39 is 5.97 Å². The molecule has 0 aliphatic rings.